The van der Waals surface area contributed by atoms with Crippen LogP contribution in [-0.2, 0) is 11.3 Å². The predicted molar refractivity (Wildman–Crippen MR) is 103 cm³/mol. The van der Waals surface area contributed by atoms with Gasteiger partial charge in [-0.2, -0.15) is 0 Å². The van der Waals surface area contributed by atoms with Crippen LogP contribution >= 0.6 is 0 Å². The molecule has 4 rings (SSSR count). The van der Waals surface area contributed by atoms with Crippen LogP contribution < -0.4 is 10.1 Å². The van der Waals surface area contributed by atoms with Crippen LogP contribution in [0.5, 0.6) is 5.75 Å². The SMILES string of the molecule is COc1ccccc1CN1CCC(NC(=O)C[C@@H]2C[C@H]3CC[C@H]2C3)CC1. The van der Waals surface area contributed by atoms with Gasteiger partial charge in [0.05, 0.1) is 7.11 Å². The summed E-state index contributed by atoms with van der Waals surface area (Å²) in [6.45, 7) is 3.00. The summed E-state index contributed by atoms with van der Waals surface area (Å²) in [6.07, 6.45) is 8.34. The number of rotatable bonds is 6. The fourth-order valence-corrected chi connectivity index (χ4v) is 5.46. The molecule has 0 spiro atoms. The Balaban J connectivity index is 1.20. The van der Waals surface area contributed by atoms with Crippen molar-refractivity contribution in [3.8, 4) is 5.75 Å². The lowest BCUT2D eigenvalue weighted by atomic mass is 9.86. The van der Waals surface area contributed by atoms with E-state index in [9.17, 15) is 4.79 Å². The number of nitrogens with zero attached hydrogens (tertiary/aromatic N) is 1. The molecule has 1 heterocycles. The van der Waals surface area contributed by atoms with Crippen LogP contribution in [0.3, 0.4) is 0 Å². The van der Waals surface area contributed by atoms with Crippen molar-refractivity contribution < 1.29 is 9.53 Å². The number of likely N-dealkylation sites (tertiary alicyclic amines) is 1. The van der Waals surface area contributed by atoms with Crippen molar-refractivity contribution in [2.24, 2.45) is 17.8 Å². The zero-order valence-electron chi connectivity index (χ0n) is 16.0. The fourth-order valence-electron chi connectivity index (χ4n) is 5.46. The highest BCUT2D eigenvalue weighted by Gasteiger charge is 2.40. The van der Waals surface area contributed by atoms with Crippen molar-refractivity contribution >= 4 is 5.91 Å². The maximum absolute atomic E-state index is 12.5. The number of amides is 1. The molecule has 2 bridgehead atoms. The fraction of sp³-hybridized carbons (Fsp3) is 0.682. The Bertz CT molecular complexity index is 624. The number of nitrogens with one attached hydrogen (secondary N) is 1. The molecule has 0 radical (unpaired) electrons. The van der Waals surface area contributed by atoms with E-state index >= 15 is 0 Å². The quantitative estimate of drug-likeness (QED) is 0.847. The number of benzene rings is 1. The Labute approximate surface area is 157 Å². The smallest absolute Gasteiger partial charge is 0.220 e. The van der Waals surface area contributed by atoms with E-state index in [2.05, 4.69) is 22.3 Å². The first-order chi connectivity index (χ1) is 12.7. The molecule has 1 aromatic carbocycles. The molecule has 142 valence electrons. The van der Waals surface area contributed by atoms with Gasteiger partial charge in [-0.25, -0.2) is 0 Å². The van der Waals surface area contributed by atoms with Crippen LogP contribution in [0.25, 0.3) is 0 Å². The van der Waals surface area contributed by atoms with Gasteiger partial charge in [-0.1, -0.05) is 24.6 Å². The van der Waals surface area contributed by atoms with Crippen molar-refractivity contribution in [1.29, 1.82) is 0 Å². The number of methoxy groups -OCH3 is 1. The zero-order chi connectivity index (χ0) is 17.9. The molecule has 0 aromatic heterocycles. The highest BCUT2D eigenvalue weighted by Crippen LogP contribution is 2.49. The first-order valence-corrected chi connectivity index (χ1v) is 10.3. The lowest BCUT2D eigenvalue weighted by molar-refractivity contribution is -0.123. The number of fused-ring (bicyclic) bond motifs is 2. The average Bonchev–Trinajstić information content (AvgIpc) is 3.27. The zero-order valence-corrected chi connectivity index (χ0v) is 16.0. The summed E-state index contributed by atoms with van der Waals surface area (Å²) in [5.74, 6) is 3.70. The Morgan fingerprint density at radius 1 is 1.15 bits per heavy atom. The van der Waals surface area contributed by atoms with Gasteiger partial charge in [0.25, 0.3) is 0 Å². The van der Waals surface area contributed by atoms with E-state index < -0.39 is 0 Å². The second-order valence-electron chi connectivity index (χ2n) is 8.57. The number of piperidine rings is 1. The molecule has 3 aliphatic rings. The largest absolute Gasteiger partial charge is 0.496 e. The number of para-hydroxylation sites is 1. The number of hydrogen-bond acceptors (Lipinski definition) is 3. The summed E-state index contributed by atoms with van der Waals surface area (Å²) >= 11 is 0. The molecule has 3 fully saturated rings. The summed E-state index contributed by atoms with van der Waals surface area (Å²) in [7, 11) is 1.73. The normalized spacial score (nSPS) is 29.0. The highest BCUT2D eigenvalue weighted by molar-refractivity contribution is 5.76. The molecule has 4 heteroatoms. The molecule has 1 N–H and O–H groups in total. The monoisotopic (exact) mass is 356 g/mol. The summed E-state index contributed by atoms with van der Waals surface area (Å²) < 4.78 is 5.46. The second-order valence-corrected chi connectivity index (χ2v) is 8.57. The molecular weight excluding hydrogens is 324 g/mol. The first kappa shape index (κ1) is 17.8. The summed E-state index contributed by atoms with van der Waals surface area (Å²) in [6, 6.07) is 8.61. The van der Waals surface area contributed by atoms with Gasteiger partial charge < -0.3 is 10.1 Å². The number of ether oxygens (including phenoxy) is 1. The molecule has 0 unspecified atom stereocenters. The van der Waals surface area contributed by atoms with Gasteiger partial charge in [-0.05, 0) is 55.9 Å². The average molecular weight is 357 g/mol. The second kappa shape index (κ2) is 7.99. The number of carbonyl (C=O) groups excluding carboxylic acids is 1. The third-order valence-electron chi connectivity index (χ3n) is 6.87. The van der Waals surface area contributed by atoms with Crippen LogP contribution in [0.4, 0.5) is 0 Å². The molecule has 1 aromatic rings. The Hall–Kier alpha value is -1.55. The van der Waals surface area contributed by atoms with Crippen molar-refractivity contribution in [3.63, 3.8) is 0 Å². The lowest BCUT2D eigenvalue weighted by Gasteiger charge is -2.33. The Morgan fingerprint density at radius 2 is 1.96 bits per heavy atom. The van der Waals surface area contributed by atoms with E-state index in [0.717, 1.165) is 56.5 Å². The van der Waals surface area contributed by atoms with Crippen molar-refractivity contribution in [3.05, 3.63) is 29.8 Å². The molecule has 26 heavy (non-hydrogen) atoms. The number of hydrogen-bond donors (Lipinski definition) is 1. The van der Waals surface area contributed by atoms with E-state index in [1.165, 1.54) is 31.2 Å². The van der Waals surface area contributed by atoms with Crippen molar-refractivity contribution in [2.45, 2.75) is 57.5 Å². The van der Waals surface area contributed by atoms with Crippen LogP contribution in [0.2, 0.25) is 0 Å². The Morgan fingerprint density at radius 3 is 2.65 bits per heavy atom. The van der Waals surface area contributed by atoms with Gasteiger partial charge in [0.1, 0.15) is 5.75 Å². The third kappa shape index (κ3) is 4.06. The van der Waals surface area contributed by atoms with Gasteiger partial charge in [-0.3, -0.25) is 9.69 Å². The summed E-state index contributed by atoms with van der Waals surface area (Å²) in [5, 5.41) is 3.32. The molecule has 1 aliphatic heterocycles. The van der Waals surface area contributed by atoms with Crippen LogP contribution in [0, 0.1) is 17.8 Å². The molecular formula is C22H32N2O2. The highest BCUT2D eigenvalue weighted by atomic mass is 16.5. The topological polar surface area (TPSA) is 41.6 Å². The minimum Gasteiger partial charge on any atom is -0.496 e. The molecule has 2 aliphatic carbocycles. The molecule has 3 atom stereocenters. The van der Waals surface area contributed by atoms with E-state index in [0.29, 0.717) is 17.9 Å². The maximum Gasteiger partial charge on any atom is 0.220 e. The van der Waals surface area contributed by atoms with Gasteiger partial charge in [0, 0.05) is 37.7 Å². The molecule has 2 saturated carbocycles. The lowest BCUT2D eigenvalue weighted by Crippen LogP contribution is -2.44. The standard InChI is InChI=1S/C22H32N2O2/c1-26-21-5-3-2-4-18(21)15-24-10-8-20(9-11-24)23-22(25)14-19-13-16-6-7-17(19)12-16/h2-5,16-17,19-20H,6-15H2,1H3,(H,23,25)/t16-,17-,19-/m0/s1. The van der Waals surface area contributed by atoms with Gasteiger partial charge >= 0.3 is 0 Å². The third-order valence-corrected chi connectivity index (χ3v) is 6.87. The van der Waals surface area contributed by atoms with Crippen molar-refractivity contribution in [2.75, 3.05) is 20.2 Å². The number of carbonyl (C=O) groups is 1. The minimum absolute atomic E-state index is 0.297. The first-order valence-electron chi connectivity index (χ1n) is 10.3. The molecule has 1 amide bonds. The van der Waals surface area contributed by atoms with Crippen LogP contribution in [0.1, 0.15) is 50.5 Å². The Kier molecular flexibility index (Phi) is 5.49. The van der Waals surface area contributed by atoms with E-state index in [1.54, 1.807) is 7.11 Å². The predicted octanol–water partition coefficient (Wildman–Crippen LogP) is 3.60. The minimum atomic E-state index is 0.297. The van der Waals surface area contributed by atoms with E-state index in [-0.39, 0.29) is 0 Å². The molecule has 1 saturated heterocycles. The summed E-state index contributed by atoms with van der Waals surface area (Å²) in [5.41, 5.74) is 1.24. The summed E-state index contributed by atoms with van der Waals surface area (Å²) in [4.78, 5) is 14.9. The van der Waals surface area contributed by atoms with Crippen LogP contribution in [-0.4, -0.2) is 37.0 Å². The van der Waals surface area contributed by atoms with E-state index in [4.69, 9.17) is 4.74 Å². The van der Waals surface area contributed by atoms with Gasteiger partial charge in [-0.15, -0.1) is 0 Å². The molecule has 4 nitrogen and oxygen atoms in total. The van der Waals surface area contributed by atoms with Gasteiger partial charge in [0.2, 0.25) is 5.91 Å². The van der Waals surface area contributed by atoms with Crippen molar-refractivity contribution in [1.82, 2.24) is 10.2 Å². The van der Waals surface area contributed by atoms with E-state index in [1.807, 2.05) is 12.1 Å². The maximum atomic E-state index is 12.5. The van der Waals surface area contributed by atoms with Gasteiger partial charge in [0.15, 0.2) is 0 Å². The van der Waals surface area contributed by atoms with Crippen LogP contribution in [0.15, 0.2) is 24.3 Å².